The molecule has 0 saturated heterocycles. The molecular formula is C16H39N5. The van der Waals surface area contributed by atoms with Crippen LogP contribution in [0.4, 0.5) is 0 Å². The zero-order valence-corrected chi connectivity index (χ0v) is 15.6. The lowest BCUT2D eigenvalue weighted by Gasteiger charge is -2.26. The highest BCUT2D eigenvalue weighted by Gasteiger charge is 2.05. The fourth-order valence-electron chi connectivity index (χ4n) is 1.89. The van der Waals surface area contributed by atoms with Gasteiger partial charge in [0.2, 0.25) is 0 Å². The van der Waals surface area contributed by atoms with Gasteiger partial charge in [0, 0.05) is 52.4 Å². The first-order valence-corrected chi connectivity index (χ1v) is 8.24. The van der Waals surface area contributed by atoms with Gasteiger partial charge in [-0.15, -0.1) is 0 Å². The van der Waals surface area contributed by atoms with Gasteiger partial charge in [0.05, 0.1) is 0 Å². The molecule has 0 heterocycles. The molecule has 0 spiro atoms. The van der Waals surface area contributed by atoms with Crippen molar-refractivity contribution in [2.24, 2.45) is 0 Å². The van der Waals surface area contributed by atoms with Crippen LogP contribution in [0.1, 0.15) is 6.92 Å². The van der Waals surface area contributed by atoms with Crippen LogP contribution in [0.5, 0.6) is 0 Å². The predicted molar refractivity (Wildman–Crippen MR) is 94.2 cm³/mol. The van der Waals surface area contributed by atoms with Crippen molar-refractivity contribution in [2.45, 2.75) is 6.92 Å². The Labute approximate surface area is 133 Å². The molecule has 0 aromatic rings. The molecule has 0 bridgehead atoms. The molecule has 0 fully saturated rings. The molecule has 0 radical (unpaired) electrons. The van der Waals surface area contributed by atoms with Gasteiger partial charge in [-0.05, 0) is 48.8 Å². The van der Waals surface area contributed by atoms with E-state index < -0.39 is 0 Å². The maximum Gasteiger partial charge on any atom is 0.0107 e. The largest absolute Gasteiger partial charge is 0.308 e. The zero-order chi connectivity index (χ0) is 16.3. The molecule has 5 heteroatoms. The molecule has 0 amide bonds. The smallest absolute Gasteiger partial charge is 0.0107 e. The molecule has 0 aliphatic carbocycles. The normalized spacial score (nSPS) is 12.6. The van der Waals surface area contributed by atoms with Crippen molar-refractivity contribution in [1.29, 1.82) is 0 Å². The number of hydrogen-bond donors (Lipinski definition) is 0. The topological polar surface area (TPSA) is 16.2 Å². The Morgan fingerprint density at radius 3 is 1.00 bits per heavy atom. The summed E-state index contributed by atoms with van der Waals surface area (Å²) in [7, 11) is 13.1. The Balaban J connectivity index is 3.62. The van der Waals surface area contributed by atoms with Gasteiger partial charge in [0.15, 0.2) is 0 Å². The van der Waals surface area contributed by atoms with Crippen molar-refractivity contribution in [3.63, 3.8) is 0 Å². The highest BCUT2D eigenvalue weighted by Crippen LogP contribution is 1.91. The van der Waals surface area contributed by atoms with E-state index in [0.29, 0.717) is 0 Å². The average molecular weight is 302 g/mol. The number of hydrogen-bond acceptors (Lipinski definition) is 5. The van der Waals surface area contributed by atoms with E-state index in [1.807, 2.05) is 0 Å². The van der Waals surface area contributed by atoms with E-state index in [0.717, 1.165) is 58.9 Å². The van der Waals surface area contributed by atoms with Gasteiger partial charge in [0.25, 0.3) is 0 Å². The molecule has 128 valence electrons. The second-order valence-corrected chi connectivity index (χ2v) is 6.61. The zero-order valence-electron chi connectivity index (χ0n) is 15.6. The van der Waals surface area contributed by atoms with E-state index in [-0.39, 0.29) is 0 Å². The lowest BCUT2D eigenvalue weighted by atomic mass is 10.4. The van der Waals surface area contributed by atoms with Crippen molar-refractivity contribution < 1.29 is 0 Å². The van der Waals surface area contributed by atoms with Crippen molar-refractivity contribution in [2.75, 3.05) is 101 Å². The molecule has 0 rings (SSSR count). The van der Waals surface area contributed by atoms with Crippen LogP contribution in [0.25, 0.3) is 0 Å². The predicted octanol–water partition coefficient (Wildman–Crippen LogP) is 0.295. The Morgan fingerprint density at radius 1 is 0.429 bits per heavy atom. The van der Waals surface area contributed by atoms with Gasteiger partial charge in [-0.3, -0.25) is 0 Å². The maximum atomic E-state index is 2.44. The first-order chi connectivity index (χ1) is 9.85. The van der Waals surface area contributed by atoms with Gasteiger partial charge >= 0.3 is 0 Å². The Hall–Kier alpha value is -0.200. The van der Waals surface area contributed by atoms with E-state index in [9.17, 15) is 0 Å². The van der Waals surface area contributed by atoms with Crippen LogP contribution in [0, 0.1) is 0 Å². The quantitative estimate of drug-likeness (QED) is 0.485. The highest BCUT2D eigenvalue weighted by molar-refractivity contribution is 4.62. The van der Waals surface area contributed by atoms with Gasteiger partial charge in [-0.25, -0.2) is 0 Å². The highest BCUT2D eigenvalue weighted by atomic mass is 15.2. The van der Waals surface area contributed by atoms with E-state index in [1.165, 1.54) is 0 Å². The minimum Gasteiger partial charge on any atom is -0.308 e. The number of likely N-dealkylation sites (N-methyl/N-ethyl adjacent to an activating group) is 5. The first-order valence-electron chi connectivity index (χ1n) is 8.24. The molecule has 0 N–H and O–H groups in total. The van der Waals surface area contributed by atoms with E-state index in [1.54, 1.807) is 0 Å². The van der Waals surface area contributed by atoms with E-state index in [4.69, 9.17) is 0 Å². The molecular weight excluding hydrogens is 262 g/mol. The minimum absolute atomic E-state index is 1.13. The number of rotatable bonds is 13. The lowest BCUT2D eigenvalue weighted by Crippen LogP contribution is -2.39. The monoisotopic (exact) mass is 301 g/mol. The SMILES string of the molecule is CCN(C)CCN(C)CCN(C)CCN(C)CCN(C)C. The molecule has 0 aliphatic heterocycles. The van der Waals surface area contributed by atoms with Crippen molar-refractivity contribution >= 4 is 0 Å². The van der Waals surface area contributed by atoms with Crippen LogP contribution >= 0.6 is 0 Å². The van der Waals surface area contributed by atoms with Gasteiger partial charge in [-0.1, -0.05) is 6.92 Å². The van der Waals surface area contributed by atoms with Crippen LogP contribution in [0.15, 0.2) is 0 Å². The van der Waals surface area contributed by atoms with Crippen LogP contribution in [0.2, 0.25) is 0 Å². The fourth-order valence-corrected chi connectivity index (χ4v) is 1.89. The van der Waals surface area contributed by atoms with Gasteiger partial charge in [0.1, 0.15) is 0 Å². The molecule has 0 aliphatic rings. The molecule has 0 saturated carbocycles. The van der Waals surface area contributed by atoms with E-state index in [2.05, 4.69) is 73.7 Å². The summed E-state index contributed by atoms with van der Waals surface area (Å²) in [6.07, 6.45) is 0. The number of nitrogens with zero attached hydrogens (tertiary/aromatic N) is 5. The summed E-state index contributed by atoms with van der Waals surface area (Å²) in [6, 6.07) is 0. The van der Waals surface area contributed by atoms with Crippen molar-refractivity contribution in [1.82, 2.24) is 24.5 Å². The Kier molecular flexibility index (Phi) is 12.2. The lowest BCUT2D eigenvalue weighted by molar-refractivity contribution is 0.207. The third kappa shape index (κ3) is 13.2. The van der Waals surface area contributed by atoms with Crippen LogP contribution in [-0.4, -0.2) is 126 Å². The van der Waals surface area contributed by atoms with Gasteiger partial charge < -0.3 is 24.5 Å². The third-order valence-corrected chi connectivity index (χ3v) is 4.06. The summed E-state index contributed by atoms with van der Waals surface area (Å²) in [5.41, 5.74) is 0. The maximum absolute atomic E-state index is 2.44. The second kappa shape index (κ2) is 12.4. The first kappa shape index (κ1) is 20.8. The third-order valence-electron chi connectivity index (χ3n) is 4.06. The molecule has 0 aromatic carbocycles. The van der Waals surface area contributed by atoms with Gasteiger partial charge in [-0.2, -0.15) is 0 Å². The van der Waals surface area contributed by atoms with Crippen molar-refractivity contribution in [3.8, 4) is 0 Å². The summed E-state index contributed by atoms with van der Waals surface area (Å²) in [5.74, 6) is 0. The average Bonchev–Trinajstić information content (AvgIpc) is 2.45. The molecule has 21 heavy (non-hydrogen) atoms. The Morgan fingerprint density at radius 2 is 0.714 bits per heavy atom. The van der Waals surface area contributed by atoms with Crippen LogP contribution < -0.4 is 0 Å². The summed E-state index contributed by atoms with van der Waals surface area (Å²) in [6.45, 7) is 12.5. The fraction of sp³-hybridized carbons (Fsp3) is 1.00. The molecule has 0 atom stereocenters. The summed E-state index contributed by atoms with van der Waals surface area (Å²) in [4.78, 5) is 11.9. The minimum atomic E-state index is 1.13. The standard InChI is InChI=1S/C16H39N5/c1-8-18(4)11-12-20(6)15-16-21(7)14-13-19(5)10-9-17(2)3/h8-16H2,1-7H3. The van der Waals surface area contributed by atoms with Crippen LogP contribution in [0.3, 0.4) is 0 Å². The summed E-state index contributed by atoms with van der Waals surface area (Å²) in [5, 5.41) is 0. The van der Waals surface area contributed by atoms with E-state index >= 15 is 0 Å². The Bertz CT molecular complexity index is 235. The van der Waals surface area contributed by atoms with Crippen LogP contribution in [-0.2, 0) is 0 Å². The second-order valence-electron chi connectivity index (χ2n) is 6.61. The summed E-state index contributed by atoms with van der Waals surface area (Å²) < 4.78 is 0. The molecule has 5 nitrogen and oxygen atoms in total. The van der Waals surface area contributed by atoms with Crippen molar-refractivity contribution in [3.05, 3.63) is 0 Å². The molecule has 0 aromatic heterocycles. The molecule has 0 unspecified atom stereocenters. The summed E-state index contributed by atoms with van der Waals surface area (Å²) >= 11 is 0.